The molecule has 0 saturated heterocycles. The smallest absolute Gasteiger partial charge is 0.00447 e. The molecule has 0 heterocycles. The van der Waals surface area contributed by atoms with E-state index in [1.807, 2.05) is 0 Å². The van der Waals surface area contributed by atoms with Gasteiger partial charge >= 0.3 is 0 Å². The fraction of sp³-hybridized carbons (Fsp3) is 0.333. The predicted octanol–water partition coefficient (Wildman–Crippen LogP) is 3.96. The molecule has 1 atom stereocenters. The summed E-state index contributed by atoms with van der Waals surface area (Å²) in [4.78, 5) is 2.42. The number of likely N-dealkylation sites (N-methyl/N-ethyl adjacent to an activating group) is 1. The summed E-state index contributed by atoms with van der Waals surface area (Å²) < 4.78 is 0. The maximum Gasteiger partial charge on any atom is 0.00447 e. The quantitative estimate of drug-likeness (QED) is 0.753. The fourth-order valence-corrected chi connectivity index (χ4v) is 2.41. The highest BCUT2D eigenvalue weighted by Crippen LogP contribution is 2.15. The lowest BCUT2D eigenvalue weighted by Gasteiger charge is -2.21. The van der Waals surface area contributed by atoms with Gasteiger partial charge in [-0.15, -0.1) is 0 Å². The molecule has 0 spiro atoms. The third-order valence-electron chi connectivity index (χ3n) is 3.58. The van der Waals surface area contributed by atoms with E-state index in [1.165, 1.54) is 11.1 Å². The number of benzene rings is 2. The minimum atomic E-state index is 0.585. The second-order valence-electron chi connectivity index (χ2n) is 5.31. The number of hydrogen-bond acceptors (Lipinski definition) is 1. The first-order chi connectivity index (χ1) is 9.25. The molecule has 1 nitrogen and oxygen atoms in total. The molecule has 0 radical (unpaired) electrons. The van der Waals surface area contributed by atoms with E-state index in [0.717, 1.165) is 19.5 Å². The molecular formula is C18H23N. The molecule has 0 aliphatic carbocycles. The molecule has 100 valence electrons. The van der Waals surface area contributed by atoms with Crippen molar-refractivity contribution in [1.82, 2.24) is 4.90 Å². The first kappa shape index (κ1) is 13.8. The highest BCUT2D eigenvalue weighted by molar-refractivity contribution is 5.19. The third kappa shape index (κ3) is 4.53. The lowest BCUT2D eigenvalue weighted by atomic mass is 10.0. The minimum Gasteiger partial charge on any atom is -0.305 e. The molecule has 0 saturated carbocycles. The topological polar surface area (TPSA) is 3.24 Å². The molecule has 0 fully saturated rings. The lowest BCUT2D eigenvalue weighted by Crippen LogP contribution is -2.25. The first-order valence-corrected chi connectivity index (χ1v) is 7.03. The zero-order chi connectivity index (χ0) is 13.5. The Morgan fingerprint density at radius 1 is 0.895 bits per heavy atom. The van der Waals surface area contributed by atoms with Crippen molar-refractivity contribution < 1.29 is 0 Å². The Kier molecular flexibility index (Phi) is 5.17. The van der Waals surface area contributed by atoms with Crippen LogP contribution in [0, 0.1) is 0 Å². The van der Waals surface area contributed by atoms with E-state index in [2.05, 4.69) is 79.5 Å². The second-order valence-corrected chi connectivity index (χ2v) is 5.31. The number of hydrogen-bond donors (Lipinski definition) is 0. The van der Waals surface area contributed by atoms with Gasteiger partial charge in [0.15, 0.2) is 0 Å². The van der Waals surface area contributed by atoms with Crippen molar-refractivity contribution in [3.05, 3.63) is 71.8 Å². The molecule has 2 aromatic rings. The van der Waals surface area contributed by atoms with Crippen molar-refractivity contribution in [2.24, 2.45) is 0 Å². The van der Waals surface area contributed by atoms with E-state index in [-0.39, 0.29) is 0 Å². The standard InChI is InChI=1S/C18H23N/c1-16(18-11-7-4-8-12-18)15-19(2)14-13-17-9-5-3-6-10-17/h3-12,16H,13-15H2,1-2H3/t16-/m0/s1. The summed E-state index contributed by atoms with van der Waals surface area (Å²) in [6.07, 6.45) is 1.12. The van der Waals surface area contributed by atoms with E-state index in [0.29, 0.717) is 5.92 Å². The van der Waals surface area contributed by atoms with Gasteiger partial charge in [-0.1, -0.05) is 67.6 Å². The van der Waals surface area contributed by atoms with E-state index >= 15 is 0 Å². The van der Waals surface area contributed by atoms with Crippen LogP contribution in [-0.4, -0.2) is 25.0 Å². The Bertz CT molecular complexity index is 464. The minimum absolute atomic E-state index is 0.585. The van der Waals surface area contributed by atoms with Gasteiger partial charge in [0.2, 0.25) is 0 Å². The van der Waals surface area contributed by atoms with E-state index in [9.17, 15) is 0 Å². The van der Waals surface area contributed by atoms with Crippen molar-refractivity contribution >= 4 is 0 Å². The van der Waals surface area contributed by atoms with Gasteiger partial charge in [-0.3, -0.25) is 0 Å². The maximum absolute atomic E-state index is 2.42. The molecule has 0 amide bonds. The normalized spacial score (nSPS) is 12.6. The van der Waals surface area contributed by atoms with Crippen LogP contribution in [0.1, 0.15) is 24.0 Å². The molecule has 2 rings (SSSR count). The SMILES string of the molecule is C[C@@H](CN(C)CCc1ccccc1)c1ccccc1. The molecule has 2 aromatic carbocycles. The molecule has 0 aliphatic rings. The fourth-order valence-electron chi connectivity index (χ4n) is 2.41. The highest BCUT2D eigenvalue weighted by atomic mass is 15.1. The van der Waals surface area contributed by atoms with Crippen LogP contribution in [0.4, 0.5) is 0 Å². The van der Waals surface area contributed by atoms with Crippen LogP contribution >= 0.6 is 0 Å². The maximum atomic E-state index is 2.42. The molecule has 0 N–H and O–H groups in total. The van der Waals surface area contributed by atoms with Gasteiger partial charge in [-0.05, 0) is 30.5 Å². The zero-order valence-corrected chi connectivity index (χ0v) is 11.9. The van der Waals surface area contributed by atoms with Crippen LogP contribution in [0.2, 0.25) is 0 Å². The van der Waals surface area contributed by atoms with Crippen molar-refractivity contribution in [1.29, 1.82) is 0 Å². The van der Waals surface area contributed by atoms with E-state index in [1.54, 1.807) is 0 Å². The highest BCUT2D eigenvalue weighted by Gasteiger charge is 2.08. The Labute approximate surface area is 116 Å². The van der Waals surface area contributed by atoms with Gasteiger partial charge in [0, 0.05) is 13.1 Å². The monoisotopic (exact) mass is 253 g/mol. The molecule has 1 heteroatoms. The van der Waals surface area contributed by atoms with Gasteiger partial charge in [0.05, 0.1) is 0 Å². The first-order valence-electron chi connectivity index (χ1n) is 7.03. The van der Waals surface area contributed by atoms with Gasteiger partial charge in [-0.2, -0.15) is 0 Å². The van der Waals surface area contributed by atoms with E-state index < -0.39 is 0 Å². The van der Waals surface area contributed by atoms with E-state index in [4.69, 9.17) is 0 Å². The molecule has 0 bridgehead atoms. The number of nitrogens with zero attached hydrogens (tertiary/aromatic N) is 1. The molecular weight excluding hydrogens is 230 g/mol. The van der Waals surface area contributed by atoms with Crippen LogP contribution in [-0.2, 0) is 6.42 Å². The van der Waals surface area contributed by atoms with Gasteiger partial charge in [0.25, 0.3) is 0 Å². The summed E-state index contributed by atoms with van der Waals surface area (Å²) in [7, 11) is 2.21. The summed E-state index contributed by atoms with van der Waals surface area (Å²) in [6, 6.07) is 21.5. The van der Waals surface area contributed by atoms with Crippen molar-refractivity contribution in [3.8, 4) is 0 Å². The van der Waals surface area contributed by atoms with Crippen LogP contribution in [0.3, 0.4) is 0 Å². The lowest BCUT2D eigenvalue weighted by molar-refractivity contribution is 0.321. The molecule has 0 unspecified atom stereocenters. The Morgan fingerprint density at radius 3 is 2.11 bits per heavy atom. The Morgan fingerprint density at radius 2 is 1.47 bits per heavy atom. The molecule has 19 heavy (non-hydrogen) atoms. The summed E-state index contributed by atoms with van der Waals surface area (Å²) in [5.74, 6) is 0.585. The molecule has 0 aromatic heterocycles. The Hall–Kier alpha value is -1.60. The predicted molar refractivity (Wildman–Crippen MR) is 82.5 cm³/mol. The van der Waals surface area contributed by atoms with Crippen molar-refractivity contribution in [3.63, 3.8) is 0 Å². The largest absolute Gasteiger partial charge is 0.305 e. The van der Waals surface area contributed by atoms with Crippen molar-refractivity contribution in [2.75, 3.05) is 20.1 Å². The number of rotatable bonds is 6. The van der Waals surface area contributed by atoms with Crippen LogP contribution in [0.25, 0.3) is 0 Å². The summed E-state index contributed by atoms with van der Waals surface area (Å²) in [6.45, 7) is 4.52. The average Bonchev–Trinajstić information content (AvgIpc) is 2.47. The Balaban J connectivity index is 1.80. The van der Waals surface area contributed by atoms with Crippen LogP contribution in [0.15, 0.2) is 60.7 Å². The summed E-state index contributed by atoms with van der Waals surface area (Å²) >= 11 is 0. The van der Waals surface area contributed by atoms with Gasteiger partial charge in [-0.25, -0.2) is 0 Å². The summed E-state index contributed by atoms with van der Waals surface area (Å²) in [5, 5.41) is 0. The van der Waals surface area contributed by atoms with Crippen LogP contribution < -0.4 is 0 Å². The summed E-state index contributed by atoms with van der Waals surface area (Å²) in [5.41, 5.74) is 2.84. The molecule has 0 aliphatic heterocycles. The third-order valence-corrected chi connectivity index (χ3v) is 3.58. The second kappa shape index (κ2) is 7.10. The van der Waals surface area contributed by atoms with Gasteiger partial charge in [0.1, 0.15) is 0 Å². The van der Waals surface area contributed by atoms with Gasteiger partial charge < -0.3 is 4.90 Å². The average molecular weight is 253 g/mol. The zero-order valence-electron chi connectivity index (χ0n) is 11.9. The van der Waals surface area contributed by atoms with Crippen molar-refractivity contribution in [2.45, 2.75) is 19.3 Å². The van der Waals surface area contributed by atoms with Crippen LogP contribution in [0.5, 0.6) is 0 Å².